The highest BCUT2D eigenvalue weighted by Gasteiger charge is 2.43. The average Bonchev–Trinajstić information content (AvgIpc) is 3.39. The second-order valence-corrected chi connectivity index (χ2v) is 11.3. The zero-order valence-electron chi connectivity index (χ0n) is 24.6. The molecule has 4 rings (SSSR count). The zero-order valence-corrected chi connectivity index (χ0v) is 24.6. The van der Waals surface area contributed by atoms with Crippen LogP contribution in [0.4, 0.5) is 17.6 Å². The summed E-state index contributed by atoms with van der Waals surface area (Å²) in [5.74, 6) is -11.3. The van der Waals surface area contributed by atoms with Crippen LogP contribution in [0.3, 0.4) is 0 Å². The molecule has 0 radical (unpaired) electrons. The van der Waals surface area contributed by atoms with Crippen molar-refractivity contribution in [3.63, 3.8) is 0 Å². The number of fused-ring (bicyclic) bond motifs is 1. The van der Waals surface area contributed by atoms with Crippen molar-refractivity contribution in [3.8, 4) is 5.75 Å². The van der Waals surface area contributed by atoms with Crippen LogP contribution in [0.15, 0.2) is 60.3 Å². The van der Waals surface area contributed by atoms with E-state index in [1.165, 1.54) is 0 Å². The fraction of sp³-hybridized carbons (Fsp3) is 0.344. The monoisotopic (exact) mass is 616 g/mol. The minimum absolute atomic E-state index is 0.00719. The van der Waals surface area contributed by atoms with Gasteiger partial charge in [0.15, 0.2) is 28.8 Å². The van der Waals surface area contributed by atoms with E-state index in [0.29, 0.717) is 12.1 Å². The molecule has 0 fully saturated rings. The molecule has 1 aliphatic rings. The highest BCUT2D eigenvalue weighted by molar-refractivity contribution is 5.96. The van der Waals surface area contributed by atoms with Crippen molar-refractivity contribution in [3.05, 3.63) is 89.1 Å². The van der Waals surface area contributed by atoms with Crippen molar-refractivity contribution in [2.45, 2.75) is 64.2 Å². The summed E-state index contributed by atoms with van der Waals surface area (Å²) < 4.78 is 65.5. The van der Waals surface area contributed by atoms with Gasteiger partial charge in [-0.25, -0.2) is 8.78 Å². The van der Waals surface area contributed by atoms with Gasteiger partial charge in [-0.1, -0.05) is 49.4 Å². The van der Waals surface area contributed by atoms with E-state index in [-0.39, 0.29) is 12.5 Å². The van der Waals surface area contributed by atoms with Gasteiger partial charge < -0.3 is 14.8 Å². The maximum absolute atomic E-state index is 14.1. The van der Waals surface area contributed by atoms with E-state index in [1.54, 1.807) is 33.8 Å². The number of rotatable bonds is 11. The number of ether oxygens (including phenoxy) is 2. The van der Waals surface area contributed by atoms with Gasteiger partial charge in [0.2, 0.25) is 11.6 Å². The van der Waals surface area contributed by atoms with Crippen molar-refractivity contribution in [2.75, 3.05) is 6.61 Å². The Morgan fingerprint density at radius 3 is 2.32 bits per heavy atom. The Morgan fingerprint density at radius 2 is 1.66 bits per heavy atom. The first-order chi connectivity index (χ1) is 20.7. The molecule has 44 heavy (non-hydrogen) atoms. The number of carbonyl (C=O) groups is 3. The number of hydrogen-bond acceptors (Lipinski definition) is 7. The molecule has 0 aromatic heterocycles. The van der Waals surface area contributed by atoms with E-state index in [2.05, 4.69) is 10.8 Å². The molecule has 0 spiro atoms. The quantitative estimate of drug-likeness (QED) is 0.170. The smallest absolute Gasteiger partial charge is 0.308 e. The Hall–Kier alpha value is -4.45. The van der Waals surface area contributed by atoms with Gasteiger partial charge in [-0.3, -0.25) is 24.7 Å². The summed E-state index contributed by atoms with van der Waals surface area (Å²) in [4.78, 5) is 45.0. The first-order valence-electron chi connectivity index (χ1n) is 13.9. The van der Waals surface area contributed by atoms with Gasteiger partial charge in [-0.05, 0) is 49.6 Å². The number of Topliss-reactive ketones (excluding diaryl/α,β-unsaturated/α-hetero) is 1. The molecule has 3 aromatic carbocycles. The van der Waals surface area contributed by atoms with E-state index < -0.39 is 76.9 Å². The summed E-state index contributed by atoms with van der Waals surface area (Å²) in [5, 5.41) is 4.51. The largest absolute Gasteiger partial charge is 0.479 e. The topological polar surface area (TPSA) is 103 Å². The predicted molar refractivity (Wildman–Crippen MR) is 152 cm³/mol. The van der Waals surface area contributed by atoms with Crippen LogP contribution in [-0.2, 0) is 30.4 Å². The molecule has 0 saturated heterocycles. The van der Waals surface area contributed by atoms with Crippen LogP contribution in [-0.4, -0.2) is 41.5 Å². The fourth-order valence-electron chi connectivity index (χ4n) is 4.68. The number of allylic oxidation sites excluding steroid dienone is 1. The summed E-state index contributed by atoms with van der Waals surface area (Å²) in [6, 6.07) is 12.0. The van der Waals surface area contributed by atoms with E-state index in [4.69, 9.17) is 14.3 Å². The van der Waals surface area contributed by atoms with Gasteiger partial charge >= 0.3 is 5.97 Å². The SMILES string of the molecule is CCC1(C(=O)N[C@@H](CC(=O)OC(C)(C)C)C(=O)COc2c(F)c(F)cc(F)c2F)C=C(Cc2cccc3ccccc23)NO1. The second kappa shape index (κ2) is 13.0. The number of hydroxylamine groups is 1. The zero-order chi connectivity index (χ0) is 32.2. The van der Waals surface area contributed by atoms with Crippen LogP contribution in [0.2, 0.25) is 0 Å². The van der Waals surface area contributed by atoms with Crippen molar-refractivity contribution < 1.29 is 46.3 Å². The molecule has 0 aliphatic carbocycles. The third kappa shape index (κ3) is 7.36. The number of halogens is 4. The minimum atomic E-state index is -1.84. The van der Waals surface area contributed by atoms with Crippen LogP contribution in [0.5, 0.6) is 5.75 Å². The Balaban J connectivity index is 1.55. The Labute approximate surface area is 251 Å². The molecule has 234 valence electrons. The number of nitrogens with one attached hydrogen (secondary N) is 2. The third-order valence-electron chi connectivity index (χ3n) is 6.86. The van der Waals surface area contributed by atoms with Gasteiger partial charge in [0.25, 0.3) is 5.91 Å². The molecule has 2 atom stereocenters. The normalized spacial score (nSPS) is 17.0. The first-order valence-corrected chi connectivity index (χ1v) is 13.9. The molecule has 2 N–H and O–H groups in total. The fourth-order valence-corrected chi connectivity index (χ4v) is 4.68. The lowest BCUT2D eigenvalue weighted by Crippen LogP contribution is -2.53. The van der Waals surface area contributed by atoms with E-state index in [9.17, 15) is 31.9 Å². The van der Waals surface area contributed by atoms with Crippen LogP contribution in [0.1, 0.15) is 46.1 Å². The van der Waals surface area contributed by atoms with E-state index >= 15 is 0 Å². The molecule has 1 heterocycles. The van der Waals surface area contributed by atoms with E-state index in [1.807, 2.05) is 42.5 Å². The van der Waals surface area contributed by atoms with Crippen LogP contribution >= 0.6 is 0 Å². The summed E-state index contributed by atoms with van der Waals surface area (Å²) in [5.41, 5.74) is 1.82. The molecule has 1 unspecified atom stereocenters. The van der Waals surface area contributed by atoms with Crippen molar-refractivity contribution in [2.24, 2.45) is 0 Å². The number of hydrogen-bond donors (Lipinski definition) is 2. The van der Waals surface area contributed by atoms with Gasteiger partial charge in [-0.2, -0.15) is 8.78 Å². The molecular weight excluding hydrogens is 584 g/mol. The molecule has 8 nitrogen and oxygen atoms in total. The molecular formula is C32H32F4N2O6. The Kier molecular flexibility index (Phi) is 9.62. The molecule has 12 heteroatoms. The number of carbonyl (C=O) groups excluding carboxylic acids is 3. The molecule has 1 amide bonds. The highest BCUT2D eigenvalue weighted by atomic mass is 19.2. The maximum atomic E-state index is 14.1. The Morgan fingerprint density at radius 1 is 1.00 bits per heavy atom. The Bertz CT molecular complexity index is 1590. The van der Waals surface area contributed by atoms with Crippen molar-refractivity contribution >= 4 is 28.4 Å². The number of amides is 1. The first kappa shape index (κ1) is 32.5. The minimum Gasteiger partial charge on any atom is -0.479 e. The number of benzene rings is 3. The molecule has 0 saturated carbocycles. The molecule has 1 aliphatic heterocycles. The summed E-state index contributed by atoms with van der Waals surface area (Å²) in [6.07, 6.45) is 1.42. The third-order valence-corrected chi connectivity index (χ3v) is 6.86. The summed E-state index contributed by atoms with van der Waals surface area (Å²) in [6.45, 7) is 5.33. The standard InChI is InChI=1S/C32H32F4N2O6/c1-5-32(16-20(38-44-32)13-19-11-8-10-18-9-6-7-12-21(18)19)30(41)37-24(15-26(40)43-31(2,3)4)25(39)17-42-29-27(35)22(33)14-23(34)28(29)36/h6-12,14,16,24,38H,5,13,15,17H2,1-4H3,(H,37,41)/t24-,32?/m0/s1. The number of ketones is 1. The summed E-state index contributed by atoms with van der Waals surface area (Å²) >= 11 is 0. The highest BCUT2D eigenvalue weighted by Crippen LogP contribution is 2.29. The lowest BCUT2D eigenvalue weighted by molar-refractivity contribution is -0.157. The van der Waals surface area contributed by atoms with Crippen molar-refractivity contribution in [1.29, 1.82) is 0 Å². The lowest BCUT2D eigenvalue weighted by atomic mass is 9.95. The molecule has 0 bridgehead atoms. The predicted octanol–water partition coefficient (Wildman–Crippen LogP) is 5.37. The van der Waals surface area contributed by atoms with Crippen LogP contribution in [0, 0.1) is 23.3 Å². The van der Waals surface area contributed by atoms with Gasteiger partial charge in [0.05, 0.1) is 6.42 Å². The molecule has 3 aromatic rings. The summed E-state index contributed by atoms with van der Waals surface area (Å²) in [7, 11) is 0. The second-order valence-electron chi connectivity index (χ2n) is 11.3. The van der Waals surface area contributed by atoms with Gasteiger partial charge in [-0.15, -0.1) is 0 Å². The maximum Gasteiger partial charge on any atom is 0.308 e. The number of esters is 1. The van der Waals surface area contributed by atoms with Gasteiger partial charge in [0.1, 0.15) is 18.2 Å². The average molecular weight is 617 g/mol. The lowest BCUT2D eigenvalue weighted by Gasteiger charge is -2.27. The van der Waals surface area contributed by atoms with E-state index in [0.717, 1.165) is 16.3 Å². The van der Waals surface area contributed by atoms with Crippen LogP contribution in [0.25, 0.3) is 10.8 Å². The van der Waals surface area contributed by atoms with Crippen LogP contribution < -0.4 is 15.5 Å². The van der Waals surface area contributed by atoms with Crippen molar-refractivity contribution in [1.82, 2.24) is 10.8 Å². The van der Waals surface area contributed by atoms with Gasteiger partial charge in [0, 0.05) is 18.2 Å².